The molecule has 1 unspecified atom stereocenters. The van der Waals surface area contributed by atoms with Crippen LogP contribution in [-0.2, 0) is 5.54 Å². The summed E-state index contributed by atoms with van der Waals surface area (Å²) in [6, 6.07) is 15.4. The van der Waals surface area contributed by atoms with E-state index < -0.39 is 5.54 Å². The number of aryl methyl sites for hydroxylation is 1. The molecule has 2 aromatic rings. The number of carbonyl (C=O) groups excluding carboxylic acids is 1. The van der Waals surface area contributed by atoms with Crippen molar-refractivity contribution in [1.82, 2.24) is 5.32 Å². The molecule has 1 atom stereocenters. The molecular formula is C17H17BrClNO. The maximum Gasteiger partial charge on any atom is 0.253 e. The fraction of sp³-hybridized carbons (Fsp3) is 0.235. The maximum absolute atomic E-state index is 12.6. The van der Waals surface area contributed by atoms with Gasteiger partial charge >= 0.3 is 0 Å². The van der Waals surface area contributed by atoms with Crippen LogP contribution < -0.4 is 5.32 Å². The van der Waals surface area contributed by atoms with E-state index in [-0.39, 0.29) is 5.91 Å². The Morgan fingerprint density at radius 1 is 1.19 bits per heavy atom. The molecule has 0 aliphatic heterocycles. The Labute approximate surface area is 138 Å². The van der Waals surface area contributed by atoms with E-state index in [1.165, 1.54) is 0 Å². The maximum atomic E-state index is 12.6. The molecule has 21 heavy (non-hydrogen) atoms. The molecule has 0 radical (unpaired) electrons. The van der Waals surface area contributed by atoms with E-state index in [4.69, 9.17) is 11.6 Å². The zero-order valence-corrected chi connectivity index (χ0v) is 14.3. The predicted molar refractivity (Wildman–Crippen MR) is 90.9 cm³/mol. The Bertz CT molecular complexity index is 644. The van der Waals surface area contributed by atoms with Crippen molar-refractivity contribution in [3.63, 3.8) is 0 Å². The van der Waals surface area contributed by atoms with E-state index in [0.717, 1.165) is 15.6 Å². The van der Waals surface area contributed by atoms with Crippen molar-refractivity contribution in [3.05, 3.63) is 69.7 Å². The number of amides is 1. The summed E-state index contributed by atoms with van der Waals surface area (Å²) in [6.45, 7) is 3.88. The first-order valence-corrected chi connectivity index (χ1v) is 8.00. The smallest absolute Gasteiger partial charge is 0.253 e. The van der Waals surface area contributed by atoms with Gasteiger partial charge in [-0.25, -0.2) is 0 Å². The Kier molecular flexibility index (Phi) is 5.07. The van der Waals surface area contributed by atoms with Crippen molar-refractivity contribution in [2.24, 2.45) is 0 Å². The van der Waals surface area contributed by atoms with E-state index in [1.54, 1.807) is 6.07 Å². The van der Waals surface area contributed by atoms with Crippen LogP contribution in [-0.4, -0.2) is 11.8 Å². The number of benzene rings is 2. The van der Waals surface area contributed by atoms with Crippen molar-refractivity contribution in [1.29, 1.82) is 0 Å². The van der Waals surface area contributed by atoms with Crippen LogP contribution in [0.25, 0.3) is 0 Å². The van der Waals surface area contributed by atoms with Crippen LogP contribution in [0.1, 0.15) is 28.4 Å². The van der Waals surface area contributed by atoms with Gasteiger partial charge in [-0.3, -0.25) is 4.79 Å². The summed E-state index contributed by atoms with van der Waals surface area (Å²) in [7, 11) is 0. The molecule has 0 saturated carbocycles. The minimum absolute atomic E-state index is 0.141. The summed E-state index contributed by atoms with van der Waals surface area (Å²) >= 11 is 9.59. The van der Waals surface area contributed by atoms with Crippen LogP contribution in [0.2, 0.25) is 0 Å². The minimum Gasteiger partial charge on any atom is -0.342 e. The van der Waals surface area contributed by atoms with E-state index in [2.05, 4.69) is 21.2 Å². The van der Waals surface area contributed by atoms with E-state index in [0.29, 0.717) is 11.4 Å². The molecule has 1 N–H and O–H groups in total. The highest BCUT2D eigenvalue weighted by atomic mass is 79.9. The average molecular weight is 367 g/mol. The lowest BCUT2D eigenvalue weighted by Gasteiger charge is -2.29. The number of hydrogen-bond donors (Lipinski definition) is 1. The zero-order valence-electron chi connectivity index (χ0n) is 12.0. The third-order valence-corrected chi connectivity index (χ3v) is 5.09. The standard InChI is InChI=1S/C17H17BrClNO/c1-12-7-6-10-14(15(12)18)16(21)20-17(2,11-19)13-8-4-3-5-9-13/h3-10H,11H2,1-2H3,(H,20,21). The van der Waals surface area contributed by atoms with Gasteiger partial charge < -0.3 is 5.32 Å². The van der Waals surface area contributed by atoms with Crippen LogP contribution in [0.15, 0.2) is 53.0 Å². The molecule has 0 saturated heterocycles. The Balaban J connectivity index is 2.30. The van der Waals surface area contributed by atoms with Crippen LogP contribution in [0.3, 0.4) is 0 Å². The third kappa shape index (κ3) is 3.47. The molecular weight excluding hydrogens is 350 g/mol. The molecule has 1 amide bonds. The molecule has 2 nitrogen and oxygen atoms in total. The van der Waals surface area contributed by atoms with Crippen molar-refractivity contribution in [2.45, 2.75) is 19.4 Å². The van der Waals surface area contributed by atoms with Crippen molar-refractivity contribution in [2.75, 3.05) is 5.88 Å². The highest BCUT2D eigenvalue weighted by Gasteiger charge is 2.28. The minimum atomic E-state index is -0.608. The van der Waals surface area contributed by atoms with Crippen LogP contribution >= 0.6 is 27.5 Å². The van der Waals surface area contributed by atoms with Crippen molar-refractivity contribution in [3.8, 4) is 0 Å². The quantitative estimate of drug-likeness (QED) is 0.785. The van der Waals surface area contributed by atoms with Gasteiger partial charge in [0.25, 0.3) is 5.91 Å². The highest BCUT2D eigenvalue weighted by Crippen LogP contribution is 2.25. The van der Waals surface area contributed by atoms with Gasteiger partial charge in [0.15, 0.2) is 0 Å². The van der Waals surface area contributed by atoms with Crippen molar-refractivity contribution < 1.29 is 4.79 Å². The van der Waals surface area contributed by atoms with E-state index in [9.17, 15) is 4.79 Å². The van der Waals surface area contributed by atoms with E-state index >= 15 is 0 Å². The van der Waals surface area contributed by atoms with Gasteiger partial charge in [0.1, 0.15) is 0 Å². The Morgan fingerprint density at radius 3 is 2.48 bits per heavy atom. The SMILES string of the molecule is Cc1cccc(C(=O)NC(C)(CCl)c2ccccc2)c1Br. The normalized spacial score (nSPS) is 13.5. The second kappa shape index (κ2) is 6.63. The molecule has 0 aliphatic rings. The molecule has 110 valence electrons. The van der Waals surface area contributed by atoms with Crippen molar-refractivity contribution >= 4 is 33.4 Å². The lowest BCUT2D eigenvalue weighted by molar-refractivity contribution is 0.0912. The largest absolute Gasteiger partial charge is 0.342 e. The summed E-state index contributed by atoms with van der Waals surface area (Å²) in [5, 5.41) is 3.04. The number of carbonyl (C=O) groups is 1. The Morgan fingerprint density at radius 2 is 1.86 bits per heavy atom. The second-order valence-corrected chi connectivity index (χ2v) is 6.28. The fourth-order valence-corrected chi connectivity index (χ4v) is 2.79. The number of nitrogens with one attached hydrogen (secondary N) is 1. The predicted octanol–water partition coefficient (Wildman–Crippen LogP) is 4.64. The first-order chi connectivity index (χ1) is 9.98. The fourth-order valence-electron chi connectivity index (χ4n) is 2.13. The monoisotopic (exact) mass is 365 g/mol. The topological polar surface area (TPSA) is 29.1 Å². The van der Waals surface area contributed by atoms with Crippen LogP contribution in [0.4, 0.5) is 0 Å². The second-order valence-electron chi connectivity index (χ2n) is 5.22. The molecule has 0 bridgehead atoms. The molecule has 0 heterocycles. The zero-order chi connectivity index (χ0) is 15.5. The van der Waals surface area contributed by atoms with Gasteiger partial charge in [-0.15, -0.1) is 11.6 Å². The molecule has 0 spiro atoms. The molecule has 0 aromatic heterocycles. The summed E-state index contributed by atoms with van der Waals surface area (Å²) in [6.07, 6.45) is 0. The number of hydrogen-bond acceptors (Lipinski definition) is 1. The third-order valence-electron chi connectivity index (χ3n) is 3.50. The summed E-state index contributed by atoms with van der Waals surface area (Å²) < 4.78 is 0.812. The number of alkyl halides is 1. The molecule has 2 rings (SSSR count). The van der Waals surface area contributed by atoms with Gasteiger partial charge in [0.05, 0.1) is 11.1 Å². The number of rotatable bonds is 4. The van der Waals surface area contributed by atoms with Crippen LogP contribution in [0.5, 0.6) is 0 Å². The molecule has 0 fully saturated rings. The molecule has 4 heteroatoms. The molecule has 2 aromatic carbocycles. The van der Waals surface area contributed by atoms with Gasteiger partial charge in [-0.05, 0) is 47.0 Å². The first-order valence-electron chi connectivity index (χ1n) is 6.67. The summed E-state index contributed by atoms with van der Waals surface area (Å²) in [4.78, 5) is 12.6. The average Bonchev–Trinajstić information content (AvgIpc) is 2.50. The van der Waals surface area contributed by atoms with Gasteiger partial charge in [0.2, 0.25) is 0 Å². The lowest BCUT2D eigenvalue weighted by Crippen LogP contribution is -2.45. The lowest BCUT2D eigenvalue weighted by atomic mass is 9.93. The first kappa shape index (κ1) is 16.1. The van der Waals surface area contributed by atoms with Crippen LogP contribution in [0, 0.1) is 6.92 Å². The Hall–Kier alpha value is -1.32. The highest BCUT2D eigenvalue weighted by molar-refractivity contribution is 9.10. The molecule has 0 aliphatic carbocycles. The van der Waals surface area contributed by atoms with Gasteiger partial charge in [-0.1, -0.05) is 42.5 Å². The summed E-state index contributed by atoms with van der Waals surface area (Å²) in [5.41, 5.74) is 2.01. The van der Waals surface area contributed by atoms with Gasteiger partial charge in [-0.2, -0.15) is 0 Å². The van der Waals surface area contributed by atoms with Gasteiger partial charge in [0, 0.05) is 10.4 Å². The summed E-state index contributed by atoms with van der Waals surface area (Å²) in [5.74, 6) is 0.157. The van der Waals surface area contributed by atoms with E-state index in [1.807, 2.05) is 56.3 Å². The number of halogens is 2.